The Morgan fingerprint density at radius 1 is 1.10 bits per heavy atom. The van der Waals surface area contributed by atoms with E-state index in [2.05, 4.69) is 4.72 Å². The van der Waals surface area contributed by atoms with Crippen LogP contribution < -0.4 is 4.72 Å². The lowest BCUT2D eigenvalue weighted by Crippen LogP contribution is -2.13. The number of para-hydroxylation sites is 1. The van der Waals surface area contributed by atoms with Gasteiger partial charge in [-0.1, -0.05) is 23.8 Å². The summed E-state index contributed by atoms with van der Waals surface area (Å²) in [6, 6.07) is 10.6. The van der Waals surface area contributed by atoms with Crippen molar-refractivity contribution >= 4 is 22.0 Å². The molecule has 2 aromatic carbocycles. The Balaban J connectivity index is 2.38. The van der Waals surface area contributed by atoms with Crippen molar-refractivity contribution < 1.29 is 18.3 Å². The third-order valence-corrected chi connectivity index (χ3v) is 4.15. The lowest BCUT2D eigenvalue weighted by molar-refractivity contribution is 0.112. The molecule has 0 bridgehead atoms. The van der Waals surface area contributed by atoms with E-state index in [4.69, 9.17) is 0 Å². The SMILES string of the molecule is Cc1ccc(S(=O)(=O)Nc2cccc(C=O)c2O)cc1. The van der Waals surface area contributed by atoms with E-state index in [0.717, 1.165) is 5.56 Å². The van der Waals surface area contributed by atoms with Crippen molar-refractivity contribution in [2.75, 3.05) is 4.72 Å². The molecule has 0 saturated carbocycles. The third kappa shape index (κ3) is 2.80. The van der Waals surface area contributed by atoms with Gasteiger partial charge in [-0.05, 0) is 31.2 Å². The van der Waals surface area contributed by atoms with Crippen molar-refractivity contribution in [2.24, 2.45) is 0 Å². The van der Waals surface area contributed by atoms with E-state index >= 15 is 0 Å². The minimum atomic E-state index is -3.80. The second kappa shape index (κ2) is 5.34. The average molecular weight is 291 g/mol. The van der Waals surface area contributed by atoms with Gasteiger partial charge in [-0.15, -0.1) is 0 Å². The highest BCUT2D eigenvalue weighted by atomic mass is 32.2. The second-order valence-electron chi connectivity index (χ2n) is 4.28. The van der Waals surface area contributed by atoms with E-state index in [0.29, 0.717) is 6.29 Å². The number of aromatic hydroxyl groups is 1. The van der Waals surface area contributed by atoms with Crippen LogP contribution in [-0.4, -0.2) is 19.8 Å². The molecule has 2 aromatic rings. The van der Waals surface area contributed by atoms with Gasteiger partial charge in [0.05, 0.1) is 16.1 Å². The highest BCUT2D eigenvalue weighted by Crippen LogP contribution is 2.28. The summed E-state index contributed by atoms with van der Waals surface area (Å²) in [5, 5.41) is 9.78. The normalized spacial score (nSPS) is 11.1. The van der Waals surface area contributed by atoms with Crippen molar-refractivity contribution in [2.45, 2.75) is 11.8 Å². The van der Waals surface area contributed by atoms with E-state index in [1.54, 1.807) is 12.1 Å². The molecule has 0 heterocycles. The molecule has 2 N–H and O–H groups in total. The summed E-state index contributed by atoms with van der Waals surface area (Å²) in [5.74, 6) is -0.391. The summed E-state index contributed by atoms with van der Waals surface area (Å²) in [6.07, 6.45) is 0.457. The predicted molar refractivity (Wildman–Crippen MR) is 75.5 cm³/mol. The molecule has 104 valence electrons. The maximum Gasteiger partial charge on any atom is 0.262 e. The Morgan fingerprint density at radius 2 is 1.75 bits per heavy atom. The molecule has 0 aromatic heterocycles. The number of sulfonamides is 1. The Morgan fingerprint density at radius 3 is 2.35 bits per heavy atom. The van der Waals surface area contributed by atoms with Gasteiger partial charge in [-0.3, -0.25) is 9.52 Å². The molecule has 0 radical (unpaired) electrons. The molecule has 0 aliphatic rings. The zero-order valence-corrected chi connectivity index (χ0v) is 11.5. The molecule has 0 aliphatic carbocycles. The van der Waals surface area contributed by atoms with E-state index in [9.17, 15) is 18.3 Å². The highest BCUT2D eigenvalue weighted by molar-refractivity contribution is 7.92. The monoisotopic (exact) mass is 291 g/mol. The summed E-state index contributed by atoms with van der Waals surface area (Å²) in [4.78, 5) is 10.8. The molecule has 0 unspecified atom stereocenters. The Hall–Kier alpha value is -2.34. The molecule has 6 heteroatoms. The lowest BCUT2D eigenvalue weighted by atomic mass is 10.2. The molecular weight excluding hydrogens is 278 g/mol. The van der Waals surface area contributed by atoms with E-state index in [1.165, 1.54) is 30.3 Å². The van der Waals surface area contributed by atoms with Crippen LogP contribution in [-0.2, 0) is 10.0 Å². The maximum atomic E-state index is 12.2. The first-order valence-electron chi connectivity index (χ1n) is 5.80. The van der Waals surface area contributed by atoms with Gasteiger partial charge in [0, 0.05) is 0 Å². The zero-order chi connectivity index (χ0) is 14.8. The first-order valence-corrected chi connectivity index (χ1v) is 7.29. The van der Waals surface area contributed by atoms with Gasteiger partial charge in [-0.25, -0.2) is 8.42 Å². The fourth-order valence-electron chi connectivity index (χ4n) is 1.66. The van der Waals surface area contributed by atoms with Crippen LogP contribution in [0.25, 0.3) is 0 Å². The number of phenols is 1. The fourth-order valence-corrected chi connectivity index (χ4v) is 2.73. The largest absolute Gasteiger partial charge is 0.505 e. The molecule has 0 spiro atoms. The maximum absolute atomic E-state index is 12.2. The number of rotatable bonds is 4. The van der Waals surface area contributed by atoms with E-state index in [-0.39, 0.29) is 16.1 Å². The molecule has 20 heavy (non-hydrogen) atoms. The number of aryl methyl sites for hydroxylation is 1. The first kappa shape index (κ1) is 14.1. The van der Waals surface area contributed by atoms with Crippen LogP contribution in [0.5, 0.6) is 5.75 Å². The number of aldehydes is 1. The van der Waals surface area contributed by atoms with E-state index in [1.807, 2.05) is 6.92 Å². The Labute approximate surface area is 116 Å². The Kier molecular flexibility index (Phi) is 3.76. The number of benzene rings is 2. The topological polar surface area (TPSA) is 83.5 Å². The van der Waals surface area contributed by atoms with Gasteiger partial charge in [0.1, 0.15) is 5.75 Å². The van der Waals surface area contributed by atoms with Gasteiger partial charge in [0.25, 0.3) is 10.0 Å². The molecule has 0 saturated heterocycles. The third-order valence-electron chi connectivity index (χ3n) is 2.77. The van der Waals surface area contributed by atoms with Crippen LogP contribution in [0.4, 0.5) is 5.69 Å². The summed E-state index contributed by atoms with van der Waals surface area (Å²) >= 11 is 0. The van der Waals surface area contributed by atoms with Gasteiger partial charge >= 0.3 is 0 Å². The smallest absolute Gasteiger partial charge is 0.262 e. The van der Waals surface area contributed by atoms with Crippen LogP contribution >= 0.6 is 0 Å². The summed E-state index contributed by atoms with van der Waals surface area (Å²) in [6.45, 7) is 1.85. The number of anilines is 1. The summed E-state index contributed by atoms with van der Waals surface area (Å²) in [5.41, 5.74) is 0.930. The number of hydrogen-bond donors (Lipinski definition) is 2. The quantitative estimate of drug-likeness (QED) is 0.669. The number of carbonyl (C=O) groups is 1. The van der Waals surface area contributed by atoms with Crippen LogP contribution in [0.1, 0.15) is 15.9 Å². The van der Waals surface area contributed by atoms with Gasteiger partial charge < -0.3 is 5.11 Å². The fraction of sp³-hybridized carbons (Fsp3) is 0.0714. The van der Waals surface area contributed by atoms with Gasteiger partial charge in [-0.2, -0.15) is 0 Å². The average Bonchev–Trinajstić information content (AvgIpc) is 2.41. The highest BCUT2D eigenvalue weighted by Gasteiger charge is 2.16. The van der Waals surface area contributed by atoms with Crippen molar-refractivity contribution in [1.82, 2.24) is 0 Å². The lowest BCUT2D eigenvalue weighted by Gasteiger charge is -2.10. The number of phenolic OH excluding ortho intramolecular Hbond substituents is 1. The van der Waals surface area contributed by atoms with Crippen LogP contribution in [0.2, 0.25) is 0 Å². The minimum Gasteiger partial charge on any atom is -0.505 e. The van der Waals surface area contributed by atoms with Crippen LogP contribution in [0, 0.1) is 6.92 Å². The van der Waals surface area contributed by atoms with Crippen molar-refractivity contribution in [3.8, 4) is 5.75 Å². The molecule has 5 nitrogen and oxygen atoms in total. The predicted octanol–water partition coefficient (Wildman–Crippen LogP) is 2.31. The molecule has 0 fully saturated rings. The Bertz CT molecular complexity index is 736. The van der Waals surface area contributed by atoms with Crippen molar-refractivity contribution in [3.05, 3.63) is 53.6 Å². The minimum absolute atomic E-state index is 0.0223. The van der Waals surface area contributed by atoms with E-state index < -0.39 is 15.8 Å². The number of hydrogen-bond acceptors (Lipinski definition) is 4. The number of carbonyl (C=O) groups excluding carboxylic acids is 1. The molecule has 0 amide bonds. The standard InChI is InChI=1S/C14H13NO4S/c1-10-5-7-12(8-6-10)20(18,19)15-13-4-2-3-11(9-16)14(13)17/h2-9,15,17H,1H3. The molecule has 2 rings (SSSR count). The molecule has 0 atom stereocenters. The zero-order valence-electron chi connectivity index (χ0n) is 10.7. The van der Waals surface area contributed by atoms with Crippen molar-refractivity contribution in [1.29, 1.82) is 0 Å². The van der Waals surface area contributed by atoms with Crippen molar-refractivity contribution in [3.63, 3.8) is 0 Å². The number of nitrogens with one attached hydrogen (secondary N) is 1. The summed E-state index contributed by atoms with van der Waals surface area (Å²) in [7, 11) is -3.80. The second-order valence-corrected chi connectivity index (χ2v) is 5.96. The van der Waals surface area contributed by atoms with Gasteiger partial charge in [0.2, 0.25) is 0 Å². The van der Waals surface area contributed by atoms with Gasteiger partial charge in [0.15, 0.2) is 6.29 Å². The van der Waals surface area contributed by atoms with Crippen LogP contribution in [0.15, 0.2) is 47.4 Å². The first-order chi connectivity index (χ1) is 9.44. The molecular formula is C14H13NO4S. The van der Waals surface area contributed by atoms with Crippen LogP contribution in [0.3, 0.4) is 0 Å². The summed E-state index contributed by atoms with van der Waals surface area (Å²) < 4.78 is 26.6. The molecule has 0 aliphatic heterocycles.